The van der Waals surface area contributed by atoms with Crippen molar-refractivity contribution in [2.45, 2.75) is 25.7 Å². The predicted octanol–water partition coefficient (Wildman–Crippen LogP) is 5.59. The first kappa shape index (κ1) is 23.3. The topological polar surface area (TPSA) is 69.6 Å². The first-order valence-electron chi connectivity index (χ1n) is 11.8. The van der Waals surface area contributed by atoms with Gasteiger partial charge >= 0.3 is 5.97 Å². The van der Waals surface area contributed by atoms with E-state index in [0.29, 0.717) is 23.2 Å². The van der Waals surface area contributed by atoms with Crippen LogP contribution in [-0.4, -0.2) is 41.5 Å². The van der Waals surface area contributed by atoms with Crippen LogP contribution in [0.4, 0.5) is 0 Å². The molecule has 2 aromatic rings. The predicted molar refractivity (Wildman–Crippen MR) is 136 cm³/mol. The van der Waals surface area contributed by atoms with Gasteiger partial charge in [-0.15, -0.1) is 0 Å². The molecular weight excluding hydrogens is 424 g/mol. The molecule has 0 spiro atoms. The van der Waals surface area contributed by atoms with Gasteiger partial charge in [-0.25, -0.2) is 4.79 Å². The number of unbranched alkanes of at least 4 members (excludes halogenated alkanes) is 1. The molecule has 2 aliphatic rings. The average molecular weight is 455 g/mol. The summed E-state index contributed by atoms with van der Waals surface area (Å²) in [6.45, 7) is 2.43. The molecule has 0 saturated heterocycles. The van der Waals surface area contributed by atoms with Crippen molar-refractivity contribution in [1.29, 1.82) is 0 Å². The van der Waals surface area contributed by atoms with Gasteiger partial charge in [0.2, 0.25) is 0 Å². The third-order valence-corrected chi connectivity index (χ3v) is 6.16. The summed E-state index contributed by atoms with van der Waals surface area (Å²) in [6.07, 6.45) is 17.3. The van der Waals surface area contributed by atoms with Gasteiger partial charge in [-0.3, -0.25) is 4.79 Å². The number of carboxylic acid groups (broad SMARTS) is 1. The van der Waals surface area contributed by atoms with E-state index in [1.165, 1.54) is 11.1 Å². The van der Waals surface area contributed by atoms with Crippen molar-refractivity contribution in [1.82, 2.24) is 10.2 Å². The Morgan fingerprint density at radius 2 is 1.65 bits per heavy atom. The molecule has 1 aliphatic carbocycles. The number of benzene rings is 2. The molecule has 1 heterocycles. The number of hydrogen-bond acceptors (Lipinski definition) is 3. The molecule has 34 heavy (non-hydrogen) atoms. The molecule has 0 bridgehead atoms. The Bertz CT molecular complexity index is 1170. The van der Waals surface area contributed by atoms with Crippen molar-refractivity contribution in [2.24, 2.45) is 0 Å². The lowest BCUT2D eigenvalue weighted by Crippen LogP contribution is -2.26. The molecule has 5 heteroatoms. The number of allylic oxidation sites excluding steroid dienone is 6. The van der Waals surface area contributed by atoms with E-state index < -0.39 is 5.97 Å². The van der Waals surface area contributed by atoms with E-state index in [-0.39, 0.29) is 11.5 Å². The van der Waals surface area contributed by atoms with Gasteiger partial charge in [-0.1, -0.05) is 60.7 Å². The number of hydrogen-bond donors (Lipinski definition) is 2. The van der Waals surface area contributed by atoms with Gasteiger partial charge in [-0.2, -0.15) is 0 Å². The van der Waals surface area contributed by atoms with Crippen molar-refractivity contribution in [3.8, 4) is 11.1 Å². The molecular formula is C29H30N2O3. The standard InChI is InChI=1S/C29H30N2O3/c32-28(26-14-6-4-12-24(26)25-13-5-7-15-27(25)29(33)34)30-18-8-9-19-31-20-16-23(17-21-31)22-10-2-1-3-11-22/h1-2,4-7,11-17,20H,3,8-10,18-19,21H2,(H,30,32)(H,33,34). The summed E-state index contributed by atoms with van der Waals surface area (Å²) in [6, 6.07) is 13.9. The van der Waals surface area contributed by atoms with Crippen molar-refractivity contribution in [3.05, 3.63) is 107 Å². The number of rotatable bonds is 9. The van der Waals surface area contributed by atoms with Crippen molar-refractivity contribution in [2.75, 3.05) is 19.6 Å². The Labute approximate surface area is 200 Å². The van der Waals surface area contributed by atoms with E-state index in [1.54, 1.807) is 42.5 Å². The summed E-state index contributed by atoms with van der Waals surface area (Å²) in [4.78, 5) is 26.8. The molecule has 1 amide bonds. The highest BCUT2D eigenvalue weighted by molar-refractivity contribution is 6.04. The minimum atomic E-state index is -1.01. The zero-order chi connectivity index (χ0) is 23.8. The van der Waals surface area contributed by atoms with Gasteiger partial charge in [0.05, 0.1) is 5.56 Å². The van der Waals surface area contributed by atoms with E-state index in [4.69, 9.17) is 0 Å². The van der Waals surface area contributed by atoms with Gasteiger partial charge in [0.15, 0.2) is 0 Å². The number of carboxylic acids is 1. The van der Waals surface area contributed by atoms with Gasteiger partial charge in [0, 0.05) is 25.2 Å². The van der Waals surface area contributed by atoms with Gasteiger partial charge in [0.25, 0.3) is 5.91 Å². The highest BCUT2D eigenvalue weighted by Crippen LogP contribution is 2.27. The van der Waals surface area contributed by atoms with Crippen LogP contribution in [0.15, 0.2) is 96.3 Å². The van der Waals surface area contributed by atoms with Crippen LogP contribution in [0.3, 0.4) is 0 Å². The quantitative estimate of drug-likeness (QED) is 0.383. The summed E-state index contributed by atoms with van der Waals surface area (Å²) in [5.74, 6) is -1.19. The first-order valence-corrected chi connectivity index (χ1v) is 11.8. The lowest BCUT2D eigenvalue weighted by molar-refractivity contribution is 0.0697. The highest BCUT2D eigenvalue weighted by atomic mass is 16.4. The van der Waals surface area contributed by atoms with Crippen molar-refractivity contribution >= 4 is 11.9 Å². The van der Waals surface area contributed by atoms with Crippen molar-refractivity contribution < 1.29 is 14.7 Å². The van der Waals surface area contributed by atoms with E-state index >= 15 is 0 Å². The smallest absolute Gasteiger partial charge is 0.336 e. The van der Waals surface area contributed by atoms with Gasteiger partial charge < -0.3 is 15.3 Å². The van der Waals surface area contributed by atoms with E-state index in [2.05, 4.69) is 46.8 Å². The number of carbonyl (C=O) groups is 2. The summed E-state index contributed by atoms with van der Waals surface area (Å²) >= 11 is 0. The molecule has 174 valence electrons. The molecule has 0 radical (unpaired) electrons. The first-order chi connectivity index (χ1) is 16.6. The number of amides is 1. The maximum atomic E-state index is 12.9. The van der Waals surface area contributed by atoms with Crippen LogP contribution in [0.5, 0.6) is 0 Å². The molecule has 2 N–H and O–H groups in total. The van der Waals surface area contributed by atoms with Crippen LogP contribution in [0.1, 0.15) is 46.4 Å². The lowest BCUT2D eigenvalue weighted by atomic mass is 9.95. The number of carbonyl (C=O) groups excluding carboxylic acids is 1. The van der Waals surface area contributed by atoms with E-state index in [0.717, 1.165) is 38.8 Å². The van der Waals surface area contributed by atoms with E-state index in [9.17, 15) is 14.7 Å². The van der Waals surface area contributed by atoms with Crippen molar-refractivity contribution in [3.63, 3.8) is 0 Å². The highest BCUT2D eigenvalue weighted by Gasteiger charge is 2.17. The molecule has 5 nitrogen and oxygen atoms in total. The van der Waals surface area contributed by atoms with Crippen LogP contribution < -0.4 is 5.32 Å². The molecule has 1 aliphatic heterocycles. The second-order valence-electron chi connectivity index (χ2n) is 8.47. The molecule has 2 aromatic carbocycles. The van der Waals surface area contributed by atoms with Crippen LogP contribution in [0.2, 0.25) is 0 Å². The number of aromatic carboxylic acids is 1. The largest absolute Gasteiger partial charge is 0.478 e. The normalized spacial score (nSPS) is 15.0. The fourth-order valence-electron chi connectivity index (χ4n) is 4.33. The minimum absolute atomic E-state index is 0.184. The number of nitrogens with one attached hydrogen (secondary N) is 1. The molecule has 0 fully saturated rings. The third-order valence-electron chi connectivity index (χ3n) is 6.16. The minimum Gasteiger partial charge on any atom is -0.478 e. The Morgan fingerprint density at radius 1 is 0.912 bits per heavy atom. The summed E-state index contributed by atoms with van der Waals surface area (Å²) < 4.78 is 0. The summed E-state index contributed by atoms with van der Waals surface area (Å²) in [7, 11) is 0. The lowest BCUT2D eigenvalue weighted by Gasteiger charge is -2.24. The fourth-order valence-corrected chi connectivity index (χ4v) is 4.33. The van der Waals surface area contributed by atoms with Crippen LogP contribution in [0.25, 0.3) is 11.1 Å². The van der Waals surface area contributed by atoms with Crippen LogP contribution >= 0.6 is 0 Å². The molecule has 4 rings (SSSR count). The maximum Gasteiger partial charge on any atom is 0.336 e. The summed E-state index contributed by atoms with van der Waals surface area (Å²) in [5.41, 5.74) is 4.58. The Kier molecular flexibility index (Phi) is 7.76. The zero-order valence-electron chi connectivity index (χ0n) is 19.2. The SMILES string of the molecule is O=C(O)c1ccccc1-c1ccccc1C(=O)NCCCCN1C=CC(C2=CCC=CC2)=CC1. The van der Waals surface area contributed by atoms with Gasteiger partial charge in [0.1, 0.15) is 0 Å². The monoisotopic (exact) mass is 454 g/mol. The molecule has 0 saturated carbocycles. The Balaban J connectivity index is 1.26. The second-order valence-corrected chi connectivity index (χ2v) is 8.47. The zero-order valence-corrected chi connectivity index (χ0v) is 19.2. The maximum absolute atomic E-state index is 12.9. The molecule has 0 aromatic heterocycles. The molecule has 0 unspecified atom stereocenters. The number of nitrogens with zero attached hydrogens (tertiary/aromatic N) is 1. The van der Waals surface area contributed by atoms with Crippen LogP contribution in [-0.2, 0) is 0 Å². The molecule has 0 atom stereocenters. The van der Waals surface area contributed by atoms with Crippen LogP contribution in [0, 0.1) is 0 Å². The Hall–Kier alpha value is -3.86. The third kappa shape index (κ3) is 5.73. The van der Waals surface area contributed by atoms with E-state index in [1.807, 2.05) is 6.07 Å². The summed E-state index contributed by atoms with van der Waals surface area (Å²) in [5, 5.41) is 12.5. The second kappa shape index (κ2) is 11.3. The van der Waals surface area contributed by atoms with Gasteiger partial charge in [-0.05, 0) is 72.4 Å². The average Bonchev–Trinajstić information content (AvgIpc) is 2.89. The fraction of sp³-hybridized carbons (Fsp3) is 0.241. The Morgan fingerprint density at radius 3 is 2.32 bits per heavy atom.